The fourth-order valence-electron chi connectivity index (χ4n) is 4.95. The van der Waals surface area contributed by atoms with E-state index < -0.39 is 12.2 Å². The predicted octanol–water partition coefficient (Wildman–Crippen LogP) is 8.11. The van der Waals surface area contributed by atoms with E-state index >= 15 is 0 Å². The molecule has 0 saturated heterocycles. The zero-order chi connectivity index (χ0) is 30.0. The Hall–Kier alpha value is -5.01. The number of carbonyl (C=O) groups is 3. The lowest BCUT2D eigenvalue weighted by molar-refractivity contribution is -0.134. The van der Waals surface area contributed by atoms with Crippen LogP contribution in [0.5, 0.6) is 5.75 Å². The summed E-state index contributed by atoms with van der Waals surface area (Å²) in [6, 6.07) is 34.2. The molecular formula is C36H30O6S. The molecule has 1 heterocycles. The molecule has 2 unspecified atom stereocenters. The van der Waals surface area contributed by atoms with Gasteiger partial charge in [-0.05, 0) is 57.5 Å². The highest BCUT2D eigenvalue weighted by atomic mass is 32.1. The topological polar surface area (TPSA) is 78.9 Å². The van der Waals surface area contributed by atoms with Crippen molar-refractivity contribution in [3.05, 3.63) is 147 Å². The monoisotopic (exact) mass is 590 g/mol. The van der Waals surface area contributed by atoms with Crippen LogP contribution in [-0.2, 0) is 25.7 Å². The van der Waals surface area contributed by atoms with Crippen LogP contribution in [0.2, 0.25) is 0 Å². The molecule has 4 aromatic carbocycles. The molecular weight excluding hydrogens is 560 g/mol. The van der Waals surface area contributed by atoms with Gasteiger partial charge in [0.1, 0.15) is 12.4 Å². The van der Waals surface area contributed by atoms with Gasteiger partial charge in [0.25, 0.3) is 12.9 Å². The smallest absolute Gasteiger partial charge is 0.294 e. The number of thiophene rings is 1. The molecule has 2 atom stereocenters. The molecule has 0 bridgehead atoms. The average Bonchev–Trinajstić information content (AvgIpc) is 3.56. The lowest BCUT2D eigenvalue weighted by atomic mass is 9.89. The molecule has 5 rings (SSSR count). The molecule has 0 radical (unpaired) electrons. The Kier molecular flexibility index (Phi) is 9.77. The molecule has 0 aliphatic rings. The molecule has 1 aromatic heterocycles. The molecule has 0 aliphatic carbocycles. The Morgan fingerprint density at radius 3 is 2.00 bits per heavy atom. The largest absolute Gasteiger partial charge is 0.489 e. The molecule has 7 heteroatoms. The van der Waals surface area contributed by atoms with Gasteiger partial charge in [0.2, 0.25) is 0 Å². The molecule has 0 spiro atoms. The van der Waals surface area contributed by atoms with E-state index in [0.717, 1.165) is 32.7 Å². The number of benzene rings is 4. The van der Waals surface area contributed by atoms with Crippen molar-refractivity contribution >= 4 is 30.1 Å². The lowest BCUT2D eigenvalue weighted by Crippen LogP contribution is -2.14. The fourth-order valence-corrected chi connectivity index (χ4v) is 5.88. The van der Waals surface area contributed by atoms with Crippen molar-refractivity contribution < 1.29 is 28.6 Å². The molecule has 5 aromatic rings. The summed E-state index contributed by atoms with van der Waals surface area (Å²) < 4.78 is 17.4. The van der Waals surface area contributed by atoms with Crippen LogP contribution in [0.15, 0.2) is 115 Å². The maximum Gasteiger partial charge on any atom is 0.294 e. The van der Waals surface area contributed by atoms with Crippen LogP contribution >= 0.6 is 11.3 Å². The number of ether oxygens (including phenoxy) is 3. The molecule has 0 saturated carbocycles. The minimum absolute atomic E-state index is 0.128. The highest BCUT2D eigenvalue weighted by Crippen LogP contribution is 2.36. The zero-order valence-electron chi connectivity index (χ0n) is 23.6. The van der Waals surface area contributed by atoms with Crippen molar-refractivity contribution in [2.75, 3.05) is 0 Å². The van der Waals surface area contributed by atoms with Crippen LogP contribution in [0.4, 0.5) is 0 Å². The van der Waals surface area contributed by atoms with Crippen LogP contribution in [0.1, 0.15) is 63.0 Å². The van der Waals surface area contributed by atoms with Gasteiger partial charge in [-0.1, -0.05) is 91.9 Å². The number of ketones is 1. The first-order valence-electron chi connectivity index (χ1n) is 13.9. The predicted molar refractivity (Wildman–Crippen MR) is 166 cm³/mol. The zero-order valence-corrected chi connectivity index (χ0v) is 24.4. The third kappa shape index (κ3) is 7.08. The van der Waals surface area contributed by atoms with Crippen LogP contribution in [0.3, 0.4) is 0 Å². The van der Waals surface area contributed by atoms with Crippen LogP contribution < -0.4 is 4.74 Å². The summed E-state index contributed by atoms with van der Waals surface area (Å²) in [5.74, 6) is 0.802. The van der Waals surface area contributed by atoms with Gasteiger partial charge in [0, 0.05) is 17.5 Å². The molecule has 0 N–H and O–H groups in total. The van der Waals surface area contributed by atoms with Gasteiger partial charge in [0.15, 0.2) is 18.0 Å². The van der Waals surface area contributed by atoms with Gasteiger partial charge in [-0.2, -0.15) is 0 Å². The minimum Gasteiger partial charge on any atom is -0.489 e. The maximum atomic E-state index is 12.1. The SMILES string of the molecule is CCC(=O)c1cc(-c2cccc(OCc3ccc(C(OC=O)c4ccccc4)c(C(OC=O)c4ccccc4)c3)c2)cs1. The van der Waals surface area contributed by atoms with E-state index in [4.69, 9.17) is 14.2 Å². The van der Waals surface area contributed by atoms with Crippen LogP contribution in [0.25, 0.3) is 11.1 Å². The summed E-state index contributed by atoms with van der Waals surface area (Å²) in [6.07, 6.45) is -0.978. The molecule has 0 aliphatic heterocycles. The van der Waals surface area contributed by atoms with Crippen molar-refractivity contribution in [1.82, 2.24) is 0 Å². The van der Waals surface area contributed by atoms with E-state index in [1.165, 1.54) is 11.3 Å². The van der Waals surface area contributed by atoms with E-state index in [9.17, 15) is 14.4 Å². The summed E-state index contributed by atoms with van der Waals surface area (Å²) in [6.45, 7) is 2.96. The first-order valence-corrected chi connectivity index (χ1v) is 14.7. The van der Waals surface area contributed by atoms with E-state index in [-0.39, 0.29) is 12.4 Å². The first kappa shape index (κ1) is 29.5. The second-order valence-corrected chi connectivity index (χ2v) is 10.7. The van der Waals surface area contributed by atoms with Crippen molar-refractivity contribution in [3.8, 4) is 16.9 Å². The van der Waals surface area contributed by atoms with Gasteiger partial charge < -0.3 is 14.2 Å². The summed E-state index contributed by atoms with van der Waals surface area (Å²) in [7, 11) is 0. The number of carbonyl (C=O) groups excluding carboxylic acids is 3. The highest BCUT2D eigenvalue weighted by molar-refractivity contribution is 7.12. The Morgan fingerprint density at radius 2 is 1.37 bits per heavy atom. The Balaban J connectivity index is 1.48. The maximum absolute atomic E-state index is 12.1. The van der Waals surface area contributed by atoms with Crippen molar-refractivity contribution in [1.29, 1.82) is 0 Å². The van der Waals surface area contributed by atoms with E-state index in [1.807, 2.05) is 121 Å². The van der Waals surface area contributed by atoms with E-state index in [2.05, 4.69) is 0 Å². The van der Waals surface area contributed by atoms with Crippen molar-refractivity contribution in [2.24, 2.45) is 0 Å². The third-order valence-corrected chi connectivity index (χ3v) is 8.04. The van der Waals surface area contributed by atoms with Gasteiger partial charge in [-0.25, -0.2) is 0 Å². The van der Waals surface area contributed by atoms with Gasteiger partial charge in [-0.15, -0.1) is 11.3 Å². The molecule has 0 fully saturated rings. The summed E-state index contributed by atoms with van der Waals surface area (Å²) >= 11 is 1.45. The quantitative estimate of drug-likeness (QED) is 0.0960. The van der Waals surface area contributed by atoms with Crippen LogP contribution in [0, 0.1) is 0 Å². The van der Waals surface area contributed by atoms with Gasteiger partial charge >= 0.3 is 0 Å². The van der Waals surface area contributed by atoms with Crippen LogP contribution in [-0.4, -0.2) is 18.7 Å². The van der Waals surface area contributed by atoms with Crippen molar-refractivity contribution in [3.63, 3.8) is 0 Å². The fraction of sp³-hybridized carbons (Fsp3) is 0.139. The standard InChI is InChI=1S/C36H30O6S/c1-2-33(39)34-20-29(22-43-34)28-14-9-15-30(19-28)40-21-25-16-17-31(35(41-23-37)26-10-5-3-6-11-26)32(18-25)36(42-24-38)27-12-7-4-8-13-27/h3-20,22-24,35-36H,2,21H2,1H3. The molecule has 6 nitrogen and oxygen atoms in total. The van der Waals surface area contributed by atoms with Crippen molar-refractivity contribution in [2.45, 2.75) is 32.2 Å². The number of Topliss-reactive ketones (excluding diaryl/α,β-unsaturated/α-hetero) is 1. The summed E-state index contributed by atoms with van der Waals surface area (Å²) in [5, 5.41) is 1.98. The van der Waals surface area contributed by atoms with E-state index in [0.29, 0.717) is 36.2 Å². The second kappa shape index (κ2) is 14.2. The minimum atomic E-state index is -0.739. The Morgan fingerprint density at radius 1 is 0.721 bits per heavy atom. The second-order valence-electron chi connectivity index (χ2n) is 9.80. The Bertz CT molecular complexity index is 1680. The number of hydrogen-bond donors (Lipinski definition) is 0. The molecule has 43 heavy (non-hydrogen) atoms. The lowest BCUT2D eigenvalue weighted by Gasteiger charge is -2.25. The normalized spacial score (nSPS) is 12.1. The Labute approximate surface area is 254 Å². The van der Waals surface area contributed by atoms with Gasteiger partial charge in [-0.3, -0.25) is 14.4 Å². The summed E-state index contributed by atoms with van der Waals surface area (Å²) in [4.78, 5) is 36.1. The number of hydrogen-bond acceptors (Lipinski definition) is 7. The third-order valence-electron chi connectivity index (χ3n) is 7.07. The molecule has 216 valence electrons. The first-order chi connectivity index (χ1) is 21.1. The molecule has 0 amide bonds. The van der Waals surface area contributed by atoms with Gasteiger partial charge in [0.05, 0.1) is 4.88 Å². The number of rotatable bonds is 14. The summed E-state index contributed by atoms with van der Waals surface area (Å²) in [5.41, 5.74) is 5.69. The highest BCUT2D eigenvalue weighted by Gasteiger charge is 2.26. The van der Waals surface area contributed by atoms with E-state index in [1.54, 1.807) is 0 Å². The average molecular weight is 591 g/mol.